The number of nitrogens with two attached hydrogens (primary N) is 6. The van der Waals surface area contributed by atoms with Crippen molar-refractivity contribution in [1.29, 1.82) is 0 Å². The highest BCUT2D eigenvalue weighted by Crippen LogP contribution is 1.76. The van der Waals surface area contributed by atoms with Gasteiger partial charge in [0.25, 0.3) is 20.2 Å². The molecule has 0 rings (SSSR count). The second kappa shape index (κ2) is 90.7. The van der Waals surface area contributed by atoms with Crippen molar-refractivity contribution in [1.82, 2.24) is 0 Å². The lowest BCUT2D eigenvalue weighted by molar-refractivity contribution is -0.115. The second-order valence-electron chi connectivity index (χ2n) is 5.36. The van der Waals surface area contributed by atoms with Gasteiger partial charge in [0.15, 0.2) is 0 Å². The number of sulfone groups is 1. The molecule has 0 unspecified atom stereocenters. The van der Waals surface area contributed by atoms with Gasteiger partial charge in [-0.05, 0) is 49.1 Å². The molecule has 0 saturated carbocycles. The number of sulfonamides is 1. The largest absolute Gasteiger partial charge is 0.333 e. The smallest absolute Gasteiger partial charge is 0.264 e. The summed E-state index contributed by atoms with van der Waals surface area (Å²) < 4.78 is 94.6. The van der Waals surface area contributed by atoms with Crippen molar-refractivity contribution in [3.8, 4) is 0 Å². The molecule has 0 aliphatic rings. The molecule has 0 aromatic carbocycles. The van der Waals surface area contributed by atoms with Gasteiger partial charge < -0.3 is 33.5 Å². The summed E-state index contributed by atoms with van der Waals surface area (Å²) in [5.41, 5.74) is 22.5. The molecule has 314 valence electrons. The van der Waals surface area contributed by atoms with Gasteiger partial charge in [-0.25, -0.2) is 22.0 Å². The van der Waals surface area contributed by atoms with Crippen molar-refractivity contribution in [2.45, 2.75) is 64.8 Å². The molecule has 0 atom stereocenters. The first kappa shape index (κ1) is 111. The van der Waals surface area contributed by atoms with E-state index in [9.17, 15) is 42.7 Å². The maximum absolute atomic E-state index is 9.78. The zero-order valence-corrected chi connectivity index (χ0v) is 33.0. The molecule has 0 heterocycles. The summed E-state index contributed by atoms with van der Waals surface area (Å²) in [4.78, 5) is 9.44. The summed E-state index contributed by atoms with van der Waals surface area (Å²) in [5.74, 6) is 0.167. The third-order valence-electron chi connectivity index (χ3n) is 0.605. The number of hydrogen-bond acceptors (Lipinski definition) is 17. The van der Waals surface area contributed by atoms with Crippen molar-refractivity contribution >= 4 is 56.7 Å². The molecule has 23 heteroatoms. The van der Waals surface area contributed by atoms with Crippen molar-refractivity contribution in [3.63, 3.8) is 0 Å². The van der Waals surface area contributed by atoms with Crippen molar-refractivity contribution in [2.75, 3.05) is 93.2 Å². The fourth-order valence-electron chi connectivity index (χ4n) is 0. The van der Waals surface area contributed by atoms with Crippen LogP contribution >= 0.6 is 0 Å². The number of rotatable bonds is 2. The summed E-state index contributed by atoms with van der Waals surface area (Å²) in [6, 6.07) is 0. The molecule has 0 radical (unpaired) electrons. The minimum Gasteiger partial charge on any atom is -0.333 e. The van der Waals surface area contributed by atoms with E-state index >= 15 is 0 Å². The first-order valence-corrected chi connectivity index (χ1v) is 20.7. The molecule has 0 bridgehead atoms. The summed E-state index contributed by atoms with van der Waals surface area (Å²) >= 11 is 0. The van der Waals surface area contributed by atoms with Crippen molar-refractivity contribution in [2.24, 2.45) is 33.8 Å². The summed E-state index contributed by atoms with van der Waals surface area (Å²) in [6.07, 6.45) is 8.52. The quantitative estimate of drug-likeness (QED) is 0.206. The van der Waals surface area contributed by atoms with Crippen molar-refractivity contribution < 1.29 is 51.0 Å². The fraction of sp³-hybridized carbons (Fsp3) is 0.958. The Labute approximate surface area is 298 Å². The Hall–Kier alpha value is -0.700. The molecule has 18 nitrogen and oxygen atoms in total. The average Bonchev–Trinajstić information content (AvgIpc) is 2.83. The fourth-order valence-corrected chi connectivity index (χ4v) is 0. The van der Waals surface area contributed by atoms with Gasteiger partial charge in [-0.1, -0.05) is 51.0 Å². The van der Waals surface area contributed by atoms with Gasteiger partial charge in [0, 0.05) is 35.8 Å². The Morgan fingerprint density at radius 2 is 0.532 bits per heavy atom. The van der Waals surface area contributed by atoms with Gasteiger partial charge >= 0.3 is 0 Å². The molecule has 0 aromatic rings. The molecule has 0 saturated heterocycles. The van der Waals surface area contributed by atoms with Crippen LogP contribution in [0.2, 0.25) is 0 Å². The summed E-state index contributed by atoms with van der Waals surface area (Å²) in [5, 5.41) is 4.33. The minimum atomic E-state index is -3.17. The molecule has 12 N–H and O–H groups in total. The summed E-state index contributed by atoms with van der Waals surface area (Å²) in [7, 11) is -3.03. The third kappa shape index (κ3) is 3020. The van der Waals surface area contributed by atoms with Gasteiger partial charge in [0.05, 0.1) is 33.0 Å². The predicted octanol–water partition coefficient (Wildman–Crippen LogP) is 0.421. The topological polar surface area (TPSA) is 345 Å². The van der Waals surface area contributed by atoms with E-state index in [0.29, 0.717) is 0 Å². The van der Waals surface area contributed by atoms with Gasteiger partial charge in [0.2, 0.25) is 10.0 Å². The Balaban J connectivity index is -0.0000000141. The van der Waals surface area contributed by atoms with Gasteiger partial charge in [-0.15, -0.1) is 0 Å². The summed E-state index contributed by atoms with van der Waals surface area (Å²) in [6.45, 7) is 7.06. The Bertz CT molecular complexity index is 790. The highest BCUT2D eigenvalue weighted by molar-refractivity contribution is 7.90. The van der Waals surface area contributed by atoms with Crippen LogP contribution in [0.25, 0.3) is 0 Å². The highest BCUT2D eigenvalue weighted by Gasteiger charge is 1.91. The molecule has 0 aromatic heterocycles. The van der Waals surface area contributed by atoms with Crippen LogP contribution in [0.1, 0.15) is 64.8 Å². The lowest BCUT2D eigenvalue weighted by Crippen LogP contribution is -2.07. The predicted molar refractivity (Wildman–Crippen MR) is 215 cm³/mol. The van der Waals surface area contributed by atoms with E-state index in [2.05, 4.69) is 42.2 Å². The van der Waals surface area contributed by atoms with E-state index in [1.165, 1.54) is 49.1 Å². The zero-order chi connectivity index (χ0) is 38.6. The van der Waals surface area contributed by atoms with E-state index in [-0.39, 0.29) is 42.9 Å². The molecule has 0 aliphatic heterocycles. The van der Waals surface area contributed by atoms with E-state index in [4.69, 9.17) is 0 Å². The average molecular weight is 811 g/mol. The molecular formula is C24H86N6O12S5. The van der Waals surface area contributed by atoms with Gasteiger partial charge in [0.1, 0.15) is 15.6 Å². The zero-order valence-electron chi connectivity index (χ0n) is 28.9. The van der Waals surface area contributed by atoms with Crippen LogP contribution in [0.15, 0.2) is 0 Å². The SMILES string of the molecule is C.C.C.C.C.CC.CC(C)=O.CN.CN.CN.CN.CN.COS(C)(=O)=O.COS(C)(=O)=O.CS(C)(=O)=O.CS(C)=O.CS(N)(=O)=O. The maximum Gasteiger partial charge on any atom is 0.264 e. The van der Waals surface area contributed by atoms with E-state index in [1.54, 1.807) is 12.5 Å². The van der Waals surface area contributed by atoms with E-state index in [0.717, 1.165) is 45.5 Å². The number of primary sulfonamides is 1. The molecule has 0 fully saturated rings. The molecule has 0 spiro atoms. The maximum atomic E-state index is 9.78. The minimum absolute atomic E-state index is 0. The lowest BCUT2D eigenvalue weighted by Gasteiger charge is -1.84. The van der Waals surface area contributed by atoms with Crippen LogP contribution < -0.4 is 33.8 Å². The van der Waals surface area contributed by atoms with Crippen LogP contribution in [-0.4, -0.2) is 137 Å². The Kier molecular flexibility index (Phi) is 214. The van der Waals surface area contributed by atoms with Gasteiger partial charge in [-0.3, -0.25) is 12.6 Å². The number of carbonyl (C=O) groups is 1. The lowest BCUT2D eigenvalue weighted by atomic mass is 10.6. The van der Waals surface area contributed by atoms with Gasteiger partial charge in [-0.2, -0.15) is 16.8 Å². The molecule has 47 heavy (non-hydrogen) atoms. The van der Waals surface area contributed by atoms with Crippen LogP contribution in [0, 0.1) is 0 Å². The molecule has 0 aliphatic carbocycles. The van der Waals surface area contributed by atoms with Crippen LogP contribution in [0.5, 0.6) is 0 Å². The van der Waals surface area contributed by atoms with Crippen LogP contribution in [0.4, 0.5) is 0 Å². The Morgan fingerprint density at radius 3 is 0.532 bits per heavy atom. The van der Waals surface area contributed by atoms with E-state index < -0.39 is 50.9 Å². The third-order valence-corrected chi connectivity index (χ3v) is 1.82. The first-order valence-electron chi connectivity index (χ1n) is 10.8. The number of carbonyl (C=O) groups excluding carboxylic acids is 1. The van der Waals surface area contributed by atoms with Crippen LogP contribution in [-0.2, 0) is 64.1 Å². The monoisotopic (exact) mass is 810 g/mol. The number of Topliss-reactive ketones (excluding diaryl/α,β-unsaturated/α-hetero) is 1. The van der Waals surface area contributed by atoms with Crippen molar-refractivity contribution in [3.05, 3.63) is 0 Å². The number of ketones is 1. The van der Waals surface area contributed by atoms with E-state index in [1.807, 2.05) is 13.8 Å². The number of hydrogen-bond donors (Lipinski definition) is 6. The normalized spacial score (nSPS) is 7.51. The Morgan fingerprint density at radius 1 is 0.511 bits per heavy atom. The highest BCUT2D eigenvalue weighted by atomic mass is 32.2. The molecular weight excluding hydrogens is 725 g/mol. The standard InChI is InChI=1S/C3H6O.2C2H6O3S.C2H6O2S.C2H6OS.C2H6.CH5NO2S.5CH5N.5CH4/c1-3(2)4;2*1-5-6(2,3)4;1-5(2,3)4;1-4(2)3;1-2;1-5(2,3)4;5*1-2;;;;;/h1-2H3;2*1-2H3;1-2H3;1-2H3;1-2H3;1H3,(H2,2,3,4);5*2H2,1H3;5*1H4. The first-order chi connectivity index (χ1) is 18.6. The van der Waals surface area contributed by atoms with Crippen LogP contribution in [0.3, 0.4) is 0 Å². The molecule has 0 amide bonds. The second-order valence-corrected chi connectivity index (χ2v) is 14.3.